The highest BCUT2D eigenvalue weighted by atomic mass is 16.5. The quantitative estimate of drug-likeness (QED) is 0.481. The maximum absolute atomic E-state index is 11.8. The largest absolute Gasteiger partial charge is 0.493 e. The van der Waals surface area contributed by atoms with Crippen LogP contribution in [-0.4, -0.2) is 52.9 Å². The van der Waals surface area contributed by atoms with Crippen molar-refractivity contribution in [2.75, 3.05) is 25.5 Å². The van der Waals surface area contributed by atoms with Crippen LogP contribution in [0, 0.1) is 11.3 Å². The predicted octanol–water partition coefficient (Wildman–Crippen LogP) is 4.94. The molecule has 2 aromatic rings. The maximum Gasteiger partial charge on any atom is 0.354 e. The molecular weight excluding hydrogens is 404 g/mol. The fraction of sp³-hybridized carbons (Fsp3) is 0.480. The summed E-state index contributed by atoms with van der Waals surface area (Å²) in [5, 5.41) is 21.7. The molecule has 1 aliphatic heterocycles. The Hall–Kier alpha value is -2.93. The molecule has 0 spiro atoms. The molecule has 2 fully saturated rings. The number of nitrogens with one attached hydrogen (secondary N) is 2. The molecule has 7 heteroatoms. The van der Waals surface area contributed by atoms with E-state index >= 15 is 0 Å². The minimum atomic E-state index is -1.11. The third-order valence-corrected chi connectivity index (χ3v) is 6.65. The van der Waals surface area contributed by atoms with Crippen molar-refractivity contribution in [1.29, 1.82) is 5.41 Å². The Morgan fingerprint density at radius 1 is 1.22 bits per heavy atom. The van der Waals surface area contributed by atoms with Crippen LogP contribution in [0.5, 0.6) is 5.75 Å². The Morgan fingerprint density at radius 3 is 2.66 bits per heavy atom. The first-order chi connectivity index (χ1) is 15.5. The lowest BCUT2D eigenvalue weighted by Gasteiger charge is -2.32. The first kappa shape index (κ1) is 22.3. The third-order valence-electron chi connectivity index (χ3n) is 6.65. The second kappa shape index (κ2) is 10.1. The summed E-state index contributed by atoms with van der Waals surface area (Å²) in [6.07, 6.45) is 7.54. The number of ether oxygens (including phenoxy) is 1. The third kappa shape index (κ3) is 5.10. The van der Waals surface area contributed by atoms with Gasteiger partial charge in [0.25, 0.3) is 0 Å². The number of benzene rings is 1. The molecule has 3 N–H and O–H groups in total. The van der Waals surface area contributed by atoms with Crippen LogP contribution in [0.15, 0.2) is 36.4 Å². The molecule has 1 saturated carbocycles. The minimum Gasteiger partial charge on any atom is -0.493 e. The molecule has 1 atom stereocenters. The number of aromatic nitrogens is 1. The van der Waals surface area contributed by atoms with Gasteiger partial charge in [0.2, 0.25) is 0 Å². The van der Waals surface area contributed by atoms with Gasteiger partial charge in [-0.3, -0.25) is 0 Å². The highest BCUT2D eigenvalue weighted by Gasteiger charge is 2.29. The number of hydrogen-bond donors (Lipinski definition) is 3. The summed E-state index contributed by atoms with van der Waals surface area (Å²) in [6, 6.07) is 11.5. The first-order valence-corrected chi connectivity index (χ1v) is 11.5. The van der Waals surface area contributed by atoms with Crippen molar-refractivity contribution in [2.45, 2.75) is 51.0 Å². The lowest BCUT2D eigenvalue weighted by atomic mass is 9.79. The normalized spacial score (nSPS) is 19.2. The van der Waals surface area contributed by atoms with Crippen LogP contribution < -0.4 is 10.1 Å². The number of carboxylic acids is 1. The van der Waals surface area contributed by atoms with Crippen LogP contribution in [0.2, 0.25) is 0 Å². The highest BCUT2D eigenvalue weighted by Crippen LogP contribution is 2.37. The molecular formula is C25H32N4O3. The second-order valence-corrected chi connectivity index (χ2v) is 8.83. The van der Waals surface area contributed by atoms with Gasteiger partial charge in [0.05, 0.1) is 12.2 Å². The Labute approximate surface area is 189 Å². The average Bonchev–Trinajstić information content (AvgIpc) is 2.74. The number of carboxylic acid groups (broad SMARTS) is 1. The van der Waals surface area contributed by atoms with Crippen molar-refractivity contribution in [2.24, 2.45) is 5.92 Å². The van der Waals surface area contributed by atoms with E-state index in [-0.39, 0.29) is 11.6 Å². The fourth-order valence-corrected chi connectivity index (χ4v) is 4.47. The van der Waals surface area contributed by atoms with Crippen LogP contribution in [0.3, 0.4) is 0 Å². The summed E-state index contributed by atoms with van der Waals surface area (Å²) >= 11 is 0. The molecule has 2 aliphatic rings. The van der Waals surface area contributed by atoms with E-state index in [1.165, 1.54) is 18.9 Å². The summed E-state index contributed by atoms with van der Waals surface area (Å²) < 4.78 is 6.19. The number of carbonyl (C=O) groups is 1. The zero-order chi connectivity index (χ0) is 22.5. The average molecular weight is 437 g/mol. The number of nitrogens with zero attached hydrogens (tertiary/aromatic N) is 2. The van der Waals surface area contributed by atoms with Crippen molar-refractivity contribution >= 4 is 23.2 Å². The molecule has 0 bridgehead atoms. The Kier molecular flexibility index (Phi) is 7.05. The lowest BCUT2D eigenvalue weighted by molar-refractivity contribution is 0.0690. The van der Waals surface area contributed by atoms with E-state index in [0.717, 1.165) is 44.3 Å². The molecule has 0 radical (unpaired) electrons. The van der Waals surface area contributed by atoms with Crippen molar-refractivity contribution in [1.82, 2.24) is 9.88 Å². The number of para-hydroxylation sites is 1. The molecule has 170 valence electrons. The van der Waals surface area contributed by atoms with Gasteiger partial charge in [-0.05, 0) is 57.8 Å². The van der Waals surface area contributed by atoms with Crippen LogP contribution in [-0.2, 0) is 0 Å². The predicted molar refractivity (Wildman–Crippen MR) is 125 cm³/mol. The molecule has 1 aromatic heterocycles. The fourth-order valence-electron chi connectivity index (χ4n) is 4.47. The second-order valence-electron chi connectivity index (χ2n) is 8.83. The first-order valence-electron chi connectivity index (χ1n) is 11.5. The molecule has 1 aliphatic carbocycles. The van der Waals surface area contributed by atoms with Gasteiger partial charge in [-0.1, -0.05) is 31.0 Å². The molecule has 0 amide bonds. The van der Waals surface area contributed by atoms with Gasteiger partial charge in [-0.2, -0.15) is 0 Å². The maximum atomic E-state index is 11.8. The van der Waals surface area contributed by atoms with Gasteiger partial charge >= 0.3 is 5.97 Å². The zero-order valence-electron chi connectivity index (χ0n) is 18.6. The zero-order valence-corrected chi connectivity index (χ0v) is 18.6. The lowest BCUT2D eigenvalue weighted by Crippen LogP contribution is -2.37. The summed E-state index contributed by atoms with van der Waals surface area (Å²) in [5.74, 6) is -0.140. The van der Waals surface area contributed by atoms with Crippen molar-refractivity contribution < 1.29 is 14.6 Å². The molecule has 1 saturated heterocycles. The molecule has 1 unspecified atom stereocenters. The van der Waals surface area contributed by atoms with E-state index in [1.807, 2.05) is 30.3 Å². The van der Waals surface area contributed by atoms with E-state index in [1.54, 1.807) is 0 Å². The van der Waals surface area contributed by atoms with Gasteiger partial charge in [-0.25, -0.2) is 9.78 Å². The number of likely N-dealkylation sites (tertiary alicyclic amines) is 1. The van der Waals surface area contributed by atoms with E-state index in [9.17, 15) is 9.90 Å². The Morgan fingerprint density at radius 2 is 2.00 bits per heavy atom. The Balaban J connectivity index is 1.63. The molecule has 32 heavy (non-hydrogen) atoms. The molecule has 2 heterocycles. The number of hydrogen-bond acceptors (Lipinski definition) is 6. The number of piperidine rings is 1. The topological polar surface area (TPSA) is 98.5 Å². The van der Waals surface area contributed by atoms with Crippen LogP contribution in [0.25, 0.3) is 0 Å². The SMILES string of the molecule is CN1CCCCC1CCOc1cc(C(=O)O)nc(Nc2ccccc2)c1C(=N)C1CCC1. The smallest absolute Gasteiger partial charge is 0.354 e. The molecule has 1 aromatic carbocycles. The van der Waals surface area contributed by atoms with Gasteiger partial charge in [-0.15, -0.1) is 0 Å². The standard InChI is InChI=1S/C25H32N4O3/c1-29-14-6-5-12-19(29)13-15-32-21-16-20(25(30)31)28-24(27-18-10-3-2-4-11-18)22(21)23(26)17-8-7-9-17/h2-4,10-11,16-17,19,26H,5-9,12-15H2,1H3,(H,27,28)(H,30,31). The Bertz CT molecular complexity index is 959. The molecule has 7 nitrogen and oxygen atoms in total. The summed E-state index contributed by atoms with van der Waals surface area (Å²) in [5.41, 5.74) is 1.77. The number of pyridine rings is 1. The van der Waals surface area contributed by atoms with Crippen LogP contribution in [0.1, 0.15) is 61.0 Å². The van der Waals surface area contributed by atoms with E-state index < -0.39 is 5.97 Å². The highest BCUT2D eigenvalue weighted by molar-refractivity contribution is 6.07. The number of anilines is 2. The molecule has 4 rings (SSSR count). The van der Waals surface area contributed by atoms with Gasteiger partial charge in [0, 0.05) is 29.4 Å². The van der Waals surface area contributed by atoms with Crippen molar-refractivity contribution in [3.8, 4) is 5.75 Å². The van der Waals surface area contributed by atoms with Crippen molar-refractivity contribution in [3.05, 3.63) is 47.7 Å². The summed E-state index contributed by atoms with van der Waals surface area (Å²) in [6.45, 7) is 1.58. The van der Waals surface area contributed by atoms with E-state index in [2.05, 4.69) is 22.2 Å². The van der Waals surface area contributed by atoms with Crippen LogP contribution in [0.4, 0.5) is 11.5 Å². The van der Waals surface area contributed by atoms with E-state index in [0.29, 0.717) is 35.5 Å². The minimum absolute atomic E-state index is 0.0848. The van der Waals surface area contributed by atoms with Gasteiger partial charge in [0.1, 0.15) is 11.6 Å². The monoisotopic (exact) mass is 436 g/mol. The number of rotatable bonds is 9. The van der Waals surface area contributed by atoms with E-state index in [4.69, 9.17) is 10.1 Å². The van der Waals surface area contributed by atoms with Crippen molar-refractivity contribution in [3.63, 3.8) is 0 Å². The van der Waals surface area contributed by atoms with Gasteiger partial charge in [0.15, 0.2) is 5.69 Å². The summed E-state index contributed by atoms with van der Waals surface area (Å²) in [7, 11) is 2.15. The van der Waals surface area contributed by atoms with Gasteiger partial charge < -0.3 is 25.5 Å². The van der Waals surface area contributed by atoms with Crippen LogP contribution >= 0.6 is 0 Å². The number of aromatic carboxylic acids is 1. The summed E-state index contributed by atoms with van der Waals surface area (Å²) in [4.78, 5) is 18.5.